The first kappa shape index (κ1) is 19.5. The van der Waals surface area contributed by atoms with E-state index in [9.17, 15) is 17.6 Å². The minimum atomic E-state index is -3.11. The van der Waals surface area contributed by atoms with Crippen LogP contribution in [0.4, 0.5) is 4.39 Å². The van der Waals surface area contributed by atoms with Crippen LogP contribution in [0.15, 0.2) is 48.5 Å². The van der Waals surface area contributed by atoms with Crippen molar-refractivity contribution in [3.8, 4) is 0 Å². The molecule has 1 aliphatic carbocycles. The highest BCUT2D eigenvalue weighted by Gasteiger charge is 2.28. The van der Waals surface area contributed by atoms with Gasteiger partial charge in [-0.25, -0.2) is 12.8 Å². The molecule has 27 heavy (non-hydrogen) atoms. The molecule has 0 unspecified atom stereocenters. The van der Waals surface area contributed by atoms with Crippen molar-refractivity contribution in [1.29, 1.82) is 0 Å². The Morgan fingerprint density at radius 1 is 1.07 bits per heavy atom. The summed E-state index contributed by atoms with van der Waals surface area (Å²) in [6.45, 7) is 0. The van der Waals surface area contributed by atoms with Gasteiger partial charge in [0.15, 0.2) is 9.84 Å². The summed E-state index contributed by atoms with van der Waals surface area (Å²) in [7, 11) is -3.11. The van der Waals surface area contributed by atoms with Gasteiger partial charge in [0, 0.05) is 11.8 Å². The third-order valence-corrected chi connectivity index (χ3v) is 5.89. The smallest absolute Gasteiger partial charge is 0.251 e. The molecule has 0 aromatic heterocycles. The molecule has 0 heterocycles. The molecule has 6 heteroatoms. The van der Waals surface area contributed by atoms with Crippen LogP contribution in [0.5, 0.6) is 0 Å². The van der Waals surface area contributed by atoms with E-state index in [1.165, 1.54) is 18.4 Å². The van der Waals surface area contributed by atoms with Crippen molar-refractivity contribution in [2.24, 2.45) is 5.92 Å². The molecular weight excluding hydrogens is 365 g/mol. The van der Waals surface area contributed by atoms with Crippen LogP contribution in [-0.2, 0) is 15.6 Å². The number of amides is 1. The maximum absolute atomic E-state index is 13.3. The molecule has 4 nitrogen and oxygen atoms in total. The lowest BCUT2D eigenvalue weighted by Crippen LogP contribution is -2.32. The number of hydrogen-bond donors (Lipinski definition) is 1. The number of halogens is 1. The van der Waals surface area contributed by atoms with Crippen molar-refractivity contribution in [3.05, 3.63) is 71.0 Å². The predicted molar refractivity (Wildman–Crippen MR) is 104 cm³/mol. The number of benzene rings is 2. The van der Waals surface area contributed by atoms with Crippen molar-refractivity contribution in [3.63, 3.8) is 0 Å². The average Bonchev–Trinajstić information content (AvgIpc) is 3.14. The lowest BCUT2D eigenvalue weighted by atomic mass is 9.91. The summed E-state index contributed by atoms with van der Waals surface area (Å²) in [5.74, 6) is -0.211. The molecule has 1 atom stereocenters. The second-order valence-corrected chi connectivity index (χ2v) is 9.45. The fourth-order valence-corrected chi connectivity index (χ4v) is 4.51. The van der Waals surface area contributed by atoms with E-state index < -0.39 is 9.84 Å². The minimum absolute atomic E-state index is 0.0465. The van der Waals surface area contributed by atoms with Crippen LogP contribution in [0.1, 0.15) is 53.2 Å². The summed E-state index contributed by atoms with van der Waals surface area (Å²) in [5.41, 5.74) is 2.04. The first-order chi connectivity index (χ1) is 12.8. The fraction of sp³-hybridized carbons (Fsp3) is 0.381. The quantitative estimate of drug-likeness (QED) is 0.811. The Balaban J connectivity index is 1.76. The molecule has 144 valence electrons. The first-order valence-corrected chi connectivity index (χ1v) is 11.2. The van der Waals surface area contributed by atoms with E-state index >= 15 is 0 Å². The van der Waals surface area contributed by atoms with Crippen LogP contribution in [0.3, 0.4) is 0 Å². The van der Waals surface area contributed by atoms with Gasteiger partial charge in [-0.3, -0.25) is 4.79 Å². The summed E-state index contributed by atoms with van der Waals surface area (Å²) >= 11 is 0. The molecule has 1 saturated carbocycles. The van der Waals surface area contributed by atoms with Crippen LogP contribution in [-0.4, -0.2) is 20.6 Å². The van der Waals surface area contributed by atoms with Gasteiger partial charge in [-0.1, -0.05) is 37.1 Å². The van der Waals surface area contributed by atoms with E-state index in [4.69, 9.17) is 0 Å². The minimum Gasteiger partial charge on any atom is -0.345 e. The predicted octanol–water partition coefficient (Wildman–Crippen LogP) is 4.03. The maximum atomic E-state index is 13.3. The third-order valence-electron chi connectivity index (χ3n) is 5.03. The molecule has 0 saturated heterocycles. The van der Waals surface area contributed by atoms with E-state index in [1.807, 2.05) is 0 Å². The Morgan fingerprint density at radius 2 is 1.67 bits per heavy atom. The highest BCUT2D eigenvalue weighted by atomic mass is 32.2. The summed E-state index contributed by atoms with van der Waals surface area (Å²) in [6, 6.07) is 12.8. The van der Waals surface area contributed by atoms with Gasteiger partial charge in [-0.05, 0) is 54.2 Å². The fourth-order valence-electron chi connectivity index (χ4n) is 3.71. The molecule has 1 N–H and O–H groups in total. The molecule has 0 radical (unpaired) electrons. The monoisotopic (exact) mass is 389 g/mol. The molecule has 2 aromatic carbocycles. The second kappa shape index (κ2) is 8.21. The Kier molecular flexibility index (Phi) is 5.95. The molecule has 2 aromatic rings. The van der Waals surface area contributed by atoms with Gasteiger partial charge in [0.05, 0.1) is 11.8 Å². The number of carbonyl (C=O) groups is 1. The van der Waals surface area contributed by atoms with Gasteiger partial charge >= 0.3 is 0 Å². The molecular formula is C21H24FNO3S. The molecule has 0 bridgehead atoms. The maximum Gasteiger partial charge on any atom is 0.251 e. The summed E-state index contributed by atoms with van der Waals surface area (Å²) in [4.78, 5) is 12.7. The van der Waals surface area contributed by atoms with Crippen molar-refractivity contribution in [1.82, 2.24) is 5.32 Å². The Hall–Kier alpha value is -2.21. The van der Waals surface area contributed by atoms with Crippen LogP contribution in [0, 0.1) is 11.7 Å². The third kappa shape index (κ3) is 5.39. The zero-order chi connectivity index (χ0) is 19.4. The van der Waals surface area contributed by atoms with Gasteiger partial charge < -0.3 is 5.32 Å². The van der Waals surface area contributed by atoms with Crippen LogP contribution < -0.4 is 5.32 Å². The standard InChI is InChI=1S/C21H24FNO3S/c1-27(25,26)14-15-6-8-18(9-7-15)21(24)23-20(16-4-2-3-5-16)17-10-12-19(22)13-11-17/h6-13,16,20H,2-5,14H2,1H3,(H,23,24)/t20-/m1/s1. The number of carbonyl (C=O) groups excluding carboxylic acids is 1. The molecule has 0 spiro atoms. The molecule has 0 aliphatic heterocycles. The van der Waals surface area contributed by atoms with E-state index in [0.29, 0.717) is 17.0 Å². The van der Waals surface area contributed by atoms with Gasteiger partial charge in [-0.2, -0.15) is 0 Å². The van der Waals surface area contributed by atoms with Gasteiger partial charge in [0.1, 0.15) is 5.82 Å². The van der Waals surface area contributed by atoms with Crippen molar-refractivity contribution < 1.29 is 17.6 Å². The second-order valence-electron chi connectivity index (χ2n) is 7.31. The zero-order valence-corrected chi connectivity index (χ0v) is 16.1. The summed E-state index contributed by atoms with van der Waals surface area (Å²) in [6.07, 6.45) is 5.53. The summed E-state index contributed by atoms with van der Waals surface area (Å²) < 4.78 is 36.1. The highest BCUT2D eigenvalue weighted by molar-refractivity contribution is 7.89. The zero-order valence-electron chi connectivity index (χ0n) is 15.3. The van der Waals surface area contributed by atoms with E-state index in [-0.39, 0.29) is 23.5 Å². The van der Waals surface area contributed by atoms with Crippen molar-refractivity contribution in [2.45, 2.75) is 37.5 Å². The molecule has 1 aliphatic rings. The number of sulfone groups is 1. The van der Waals surface area contributed by atoms with E-state index in [2.05, 4.69) is 5.32 Å². The highest BCUT2D eigenvalue weighted by Crippen LogP contribution is 2.36. The Labute approximate surface area is 159 Å². The van der Waals surface area contributed by atoms with Gasteiger partial charge in [-0.15, -0.1) is 0 Å². The molecule has 3 rings (SSSR count). The van der Waals surface area contributed by atoms with Gasteiger partial charge in [0.25, 0.3) is 5.91 Å². The van der Waals surface area contributed by atoms with Crippen LogP contribution in [0.2, 0.25) is 0 Å². The summed E-state index contributed by atoms with van der Waals surface area (Å²) in [5, 5.41) is 3.10. The molecule has 1 fully saturated rings. The lowest BCUT2D eigenvalue weighted by Gasteiger charge is -2.25. The largest absolute Gasteiger partial charge is 0.345 e. The Bertz CT molecular complexity index is 886. The van der Waals surface area contributed by atoms with Crippen molar-refractivity contribution in [2.75, 3.05) is 6.26 Å². The van der Waals surface area contributed by atoms with E-state index in [1.54, 1.807) is 36.4 Å². The Morgan fingerprint density at radius 3 is 2.22 bits per heavy atom. The van der Waals surface area contributed by atoms with Crippen LogP contribution in [0.25, 0.3) is 0 Å². The number of nitrogens with one attached hydrogen (secondary N) is 1. The average molecular weight is 389 g/mol. The van der Waals surface area contributed by atoms with Crippen LogP contribution >= 0.6 is 0 Å². The number of hydrogen-bond acceptors (Lipinski definition) is 3. The van der Waals surface area contributed by atoms with Crippen molar-refractivity contribution >= 4 is 15.7 Å². The number of rotatable bonds is 6. The van der Waals surface area contributed by atoms with E-state index in [0.717, 1.165) is 31.2 Å². The first-order valence-electron chi connectivity index (χ1n) is 9.15. The molecule has 1 amide bonds. The normalized spacial score (nSPS) is 16.2. The van der Waals surface area contributed by atoms with Gasteiger partial charge in [0.2, 0.25) is 0 Å². The SMILES string of the molecule is CS(=O)(=O)Cc1ccc(C(=O)N[C@@H](c2ccc(F)cc2)C2CCCC2)cc1. The lowest BCUT2D eigenvalue weighted by molar-refractivity contribution is 0.0921. The topological polar surface area (TPSA) is 63.2 Å².